The molecule has 1 saturated heterocycles. The van der Waals surface area contributed by atoms with Crippen molar-refractivity contribution in [3.05, 3.63) is 77.5 Å². The van der Waals surface area contributed by atoms with Crippen molar-refractivity contribution in [2.45, 2.75) is 31.3 Å². The number of hydrogen-bond donors (Lipinski definition) is 2. The van der Waals surface area contributed by atoms with Crippen LogP contribution in [0.15, 0.2) is 54.6 Å². The lowest BCUT2D eigenvalue weighted by Gasteiger charge is -2.39. The first-order valence-corrected chi connectivity index (χ1v) is 9.38. The van der Waals surface area contributed by atoms with E-state index in [-0.39, 0.29) is 5.91 Å². The summed E-state index contributed by atoms with van der Waals surface area (Å²) in [6.45, 7) is 1.01. The van der Waals surface area contributed by atoms with Gasteiger partial charge in [-0.05, 0) is 30.5 Å². The van der Waals surface area contributed by atoms with Gasteiger partial charge in [-0.25, -0.2) is 8.78 Å². The van der Waals surface area contributed by atoms with Gasteiger partial charge in [-0.3, -0.25) is 9.78 Å². The second kappa shape index (κ2) is 7.64. The van der Waals surface area contributed by atoms with Crippen LogP contribution in [0.1, 0.15) is 30.5 Å². The van der Waals surface area contributed by atoms with E-state index in [2.05, 4.69) is 15.6 Å². The van der Waals surface area contributed by atoms with Crippen molar-refractivity contribution >= 4 is 16.8 Å². The summed E-state index contributed by atoms with van der Waals surface area (Å²) in [6.07, 6.45) is 2.23. The fraction of sp³-hybridized carbons (Fsp3) is 0.273. The first-order valence-electron chi connectivity index (χ1n) is 9.38. The van der Waals surface area contributed by atoms with Crippen LogP contribution in [0.2, 0.25) is 0 Å². The third-order valence-electron chi connectivity index (χ3n) is 5.23. The number of piperidine rings is 1. The van der Waals surface area contributed by atoms with Crippen molar-refractivity contribution < 1.29 is 13.6 Å². The van der Waals surface area contributed by atoms with Gasteiger partial charge in [0.15, 0.2) is 11.6 Å². The lowest BCUT2D eigenvalue weighted by atomic mass is 9.82. The summed E-state index contributed by atoms with van der Waals surface area (Å²) in [4.78, 5) is 16.5. The summed E-state index contributed by atoms with van der Waals surface area (Å²) in [5.74, 6) is -1.73. The minimum Gasteiger partial charge on any atom is -0.345 e. The normalized spacial score (nSPS) is 19.6. The van der Waals surface area contributed by atoms with E-state index in [1.807, 2.05) is 30.3 Å². The number of halogens is 2. The van der Waals surface area contributed by atoms with Gasteiger partial charge in [-0.2, -0.15) is 0 Å². The molecule has 2 N–H and O–H groups in total. The van der Waals surface area contributed by atoms with E-state index in [4.69, 9.17) is 0 Å². The Labute approximate surface area is 162 Å². The maximum absolute atomic E-state index is 13.5. The van der Waals surface area contributed by atoms with E-state index < -0.39 is 17.2 Å². The van der Waals surface area contributed by atoms with E-state index in [1.54, 1.807) is 12.1 Å². The molecule has 6 heteroatoms. The number of carbonyl (C=O) groups is 1. The van der Waals surface area contributed by atoms with E-state index in [0.29, 0.717) is 30.4 Å². The number of fused-ring (bicyclic) bond motifs is 1. The van der Waals surface area contributed by atoms with Crippen molar-refractivity contribution in [3.63, 3.8) is 0 Å². The molecule has 1 aliphatic heterocycles. The van der Waals surface area contributed by atoms with Crippen LogP contribution in [0.4, 0.5) is 8.78 Å². The van der Waals surface area contributed by atoms with Crippen LogP contribution in [0.3, 0.4) is 0 Å². The van der Waals surface area contributed by atoms with Crippen molar-refractivity contribution in [3.8, 4) is 0 Å². The fourth-order valence-corrected chi connectivity index (χ4v) is 3.81. The van der Waals surface area contributed by atoms with Gasteiger partial charge < -0.3 is 10.6 Å². The van der Waals surface area contributed by atoms with Gasteiger partial charge in [0.25, 0.3) is 0 Å². The Kier molecular flexibility index (Phi) is 5.05. The number of aromatic nitrogens is 1. The summed E-state index contributed by atoms with van der Waals surface area (Å²) >= 11 is 0. The fourth-order valence-electron chi connectivity index (χ4n) is 3.81. The predicted molar refractivity (Wildman–Crippen MR) is 103 cm³/mol. The SMILES string of the molecule is O=C1CCCC(CNCc2ccc3cc(F)c(F)cc3n2)(c2ccccc2)N1. The molecule has 3 aromatic rings. The first-order chi connectivity index (χ1) is 13.6. The first kappa shape index (κ1) is 18.5. The Morgan fingerprint density at radius 1 is 1.07 bits per heavy atom. The summed E-state index contributed by atoms with van der Waals surface area (Å²) < 4.78 is 26.8. The minimum atomic E-state index is -0.905. The van der Waals surface area contributed by atoms with E-state index in [9.17, 15) is 13.6 Å². The molecular weight excluding hydrogens is 360 g/mol. The average molecular weight is 381 g/mol. The molecule has 4 nitrogen and oxygen atoms in total. The second-order valence-corrected chi connectivity index (χ2v) is 7.22. The quantitative estimate of drug-likeness (QED) is 0.707. The monoisotopic (exact) mass is 381 g/mol. The molecule has 4 rings (SSSR count). The van der Waals surface area contributed by atoms with Gasteiger partial charge in [0.1, 0.15) is 0 Å². The summed E-state index contributed by atoms with van der Waals surface area (Å²) in [7, 11) is 0. The zero-order valence-corrected chi connectivity index (χ0v) is 15.3. The number of nitrogens with one attached hydrogen (secondary N) is 2. The van der Waals surface area contributed by atoms with E-state index in [1.165, 1.54) is 0 Å². The van der Waals surface area contributed by atoms with Crippen LogP contribution in [-0.2, 0) is 16.9 Å². The third kappa shape index (κ3) is 3.73. The zero-order chi connectivity index (χ0) is 19.6. The Morgan fingerprint density at radius 2 is 1.86 bits per heavy atom. The molecule has 1 aromatic heterocycles. The molecule has 0 saturated carbocycles. The number of benzene rings is 2. The van der Waals surface area contributed by atoms with Crippen LogP contribution in [0.5, 0.6) is 0 Å². The molecule has 1 fully saturated rings. The molecule has 2 heterocycles. The van der Waals surface area contributed by atoms with Crippen molar-refractivity contribution in [1.29, 1.82) is 0 Å². The highest BCUT2D eigenvalue weighted by Gasteiger charge is 2.36. The molecule has 2 aromatic carbocycles. The molecule has 1 aliphatic rings. The van der Waals surface area contributed by atoms with Crippen molar-refractivity contribution in [2.24, 2.45) is 0 Å². The largest absolute Gasteiger partial charge is 0.345 e. The van der Waals surface area contributed by atoms with Gasteiger partial charge in [-0.15, -0.1) is 0 Å². The Morgan fingerprint density at radius 3 is 2.64 bits per heavy atom. The molecule has 0 aliphatic carbocycles. The summed E-state index contributed by atoms with van der Waals surface area (Å²) in [5, 5.41) is 7.10. The molecule has 1 atom stereocenters. The predicted octanol–water partition coefficient (Wildman–Crippen LogP) is 3.80. The van der Waals surface area contributed by atoms with E-state index >= 15 is 0 Å². The molecular formula is C22H21F2N3O. The van der Waals surface area contributed by atoms with Crippen molar-refractivity contribution in [2.75, 3.05) is 6.54 Å². The van der Waals surface area contributed by atoms with E-state index in [0.717, 1.165) is 36.2 Å². The average Bonchev–Trinajstić information content (AvgIpc) is 2.70. The number of carbonyl (C=O) groups excluding carboxylic acids is 1. The van der Waals surface area contributed by atoms with Crippen LogP contribution < -0.4 is 10.6 Å². The maximum Gasteiger partial charge on any atom is 0.220 e. The van der Waals surface area contributed by atoms with Crippen LogP contribution >= 0.6 is 0 Å². The molecule has 0 spiro atoms. The maximum atomic E-state index is 13.5. The van der Waals surface area contributed by atoms with Gasteiger partial charge in [0, 0.05) is 31.0 Å². The Bertz CT molecular complexity index is 1010. The smallest absolute Gasteiger partial charge is 0.220 e. The minimum absolute atomic E-state index is 0.0539. The number of nitrogens with zero attached hydrogens (tertiary/aromatic N) is 1. The van der Waals surface area contributed by atoms with Crippen molar-refractivity contribution in [1.82, 2.24) is 15.6 Å². The standard InChI is InChI=1S/C22H21F2N3O/c23-18-11-15-8-9-17(26-20(15)12-19(18)24)13-25-14-22(10-4-7-21(28)27-22)16-5-2-1-3-6-16/h1-3,5-6,8-9,11-12,25H,4,7,10,13-14H2,(H,27,28). The highest BCUT2D eigenvalue weighted by atomic mass is 19.2. The summed E-state index contributed by atoms with van der Waals surface area (Å²) in [6, 6.07) is 15.7. The molecule has 1 amide bonds. The molecule has 0 radical (unpaired) electrons. The number of hydrogen-bond acceptors (Lipinski definition) is 3. The van der Waals surface area contributed by atoms with Gasteiger partial charge in [0.05, 0.1) is 16.7 Å². The topological polar surface area (TPSA) is 54.0 Å². The van der Waals surface area contributed by atoms with Crippen LogP contribution in [0.25, 0.3) is 10.9 Å². The number of amides is 1. The number of pyridine rings is 1. The third-order valence-corrected chi connectivity index (χ3v) is 5.23. The lowest BCUT2D eigenvalue weighted by molar-refractivity contribution is -0.125. The molecule has 144 valence electrons. The molecule has 0 bridgehead atoms. The Balaban J connectivity index is 1.51. The number of rotatable bonds is 5. The van der Waals surface area contributed by atoms with Gasteiger partial charge in [0.2, 0.25) is 5.91 Å². The second-order valence-electron chi connectivity index (χ2n) is 7.22. The van der Waals surface area contributed by atoms with Gasteiger partial charge >= 0.3 is 0 Å². The highest BCUT2D eigenvalue weighted by Crippen LogP contribution is 2.30. The van der Waals surface area contributed by atoms with Crippen LogP contribution in [0, 0.1) is 11.6 Å². The summed E-state index contributed by atoms with van der Waals surface area (Å²) in [5.41, 5.74) is 1.76. The zero-order valence-electron chi connectivity index (χ0n) is 15.3. The molecule has 1 unspecified atom stereocenters. The Hall–Kier alpha value is -2.86. The van der Waals surface area contributed by atoms with Crippen LogP contribution in [-0.4, -0.2) is 17.4 Å². The van der Waals surface area contributed by atoms with Gasteiger partial charge in [-0.1, -0.05) is 36.4 Å². The highest BCUT2D eigenvalue weighted by molar-refractivity contribution is 5.79. The molecule has 28 heavy (non-hydrogen) atoms. The lowest BCUT2D eigenvalue weighted by Crippen LogP contribution is -2.54.